The average Bonchev–Trinajstić information content (AvgIpc) is 3.08. The van der Waals surface area contributed by atoms with Gasteiger partial charge in [0.2, 0.25) is 11.7 Å². The van der Waals surface area contributed by atoms with Gasteiger partial charge >= 0.3 is 0 Å². The van der Waals surface area contributed by atoms with E-state index in [0.717, 1.165) is 18.4 Å². The standard InChI is InChI=1S/C21H23NO4/c1-24-18-12-14(13-19(25-2)21(18)26-3)8-11-20(23)22-17-10-9-15-6-4-5-7-16(15)17/h4-8,11-13,17H,9-10H2,1-3H3,(H,22,23)/b11-8+. The number of aryl methyl sites for hydroxylation is 1. The molecule has 0 spiro atoms. The summed E-state index contributed by atoms with van der Waals surface area (Å²) < 4.78 is 16.0. The quantitative estimate of drug-likeness (QED) is 0.807. The topological polar surface area (TPSA) is 56.8 Å². The van der Waals surface area contributed by atoms with E-state index in [2.05, 4.69) is 17.4 Å². The van der Waals surface area contributed by atoms with Crippen LogP contribution in [0.25, 0.3) is 6.08 Å². The zero-order chi connectivity index (χ0) is 18.5. The number of rotatable bonds is 6. The Hall–Kier alpha value is -2.95. The van der Waals surface area contributed by atoms with Crippen LogP contribution in [0.15, 0.2) is 42.5 Å². The highest BCUT2D eigenvalue weighted by Crippen LogP contribution is 2.38. The Morgan fingerprint density at radius 2 is 1.77 bits per heavy atom. The number of benzene rings is 2. The second-order valence-corrected chi connectivity index (χ2v) is 6.09. The molecule has 0 aliphatic heterocycles. The molecule has 0 radical (unpaired) electrons. The number of carbonyl (C=O) groups excluding carboxylic acids is 1. The van der Waals surface area contributed by atoms with E-state index in [0.29, 0.717) is 17.2 Å². The molecule has 0 saturated heterocycles. The fourth-order valence-electron chi connectivity index (χ4n) is 3.30. The maximum Gasteiger partial charge on any atom is 0.244 e. The van der Waals surface area contributed by atoms with Gasteiger partial charge in [-0.25, -0.2) is 0 Å². The summed E-state index contributed by atoms with van der Waals surface area (Å²) in [7, 11) is 4.69. The van der Waals surface area contributed by atoms with E-state index in [-0.39, 0.29) is 11.9 Å². The lowest BCUT2D eigenvalue weighted by Crippen LogP contribution is -2.25. The molecule has 1 aliphatic carbocycles. The average molecular weight is 353 g/mol. The second-order valence-electron chi connectivity index (χ2n) is 6.09. The normalized spacial score (nSPS) is 15.6. The van der Waals surface area contributed by atoms with Gasteiger partial charge in [0.1, 0.15) is 0 Å². The van der Waals surface area contributed by atoms with Crippen molar-refractivity contribution in [1.29, 1.82) is 0 Å². The molecule has 3 rings (SSSR count). The first-order chi connectivity index (χ1) is 12.7. The zero-order valence-electron chi connectivity index (χ0n) is 15.2. The summed E-state index contributed by atoms with van der Waals surface area (Å²) in [6.45, 7) is 0. The number of nitrogens with one attached hydrogen (secondary N) is 1. The van der Waals surface area contributed by atoms with Crippen LogP contribution >= 0.6 is 0 Å². The molecular weight excluding hydrogens is 330 g/mol. The predicted octanol–water partition coefficient (Wildman–Crippen LogP) is 3.53. The van der Waals surface area contributed by atoms with Crippen molar-refractivity contribution in [3.05, 3.63) is 59.2 Å². The molecule has 1 aliphatic rings. The van der Waals surface area contributed by atoms with Gasteiger partial charge in [0, 0.05) is 6.08 Å². The first-order valence-electron chi connectivity index (χ1n) is 8.52. The van der Waals surface area contributed by atoms with Crippen molar-refractivity contribution in [3.63, 3.8) is 0 Å². The first kappa shape index (κ1) is 17.9. The Morgan fingerprint density at radius 1 is 1.08 bits per heavy atom. The Balaban J connectivity index is 1.73. The van der Waals surface area contributed by atoms with Crippen molar-refractivity contribution in [1.82, 2.24) is 5.32 Å². The highest BCUT2D eigenvalue weighted by atomic mass is 16.5. The van der Waals surface area contributed by atoms with Gasteiger partial charge in [-0.2, -0.15) is 0 Å². The largest absolute Gasteiger partial charge is 0.493 e. The summed E-state index contributed by atoms with van der Waals surface area (Å²) in [5.74, 6) is 1.51. The van der Waals surface area contributed by atoms with Crippen LogP contribution in [0.3, 0.4) is 0 Å². The van der Waals surface area contributed by atoms with Crippen molar-refractivity contribution in [3.8, 4) is 17.2 Å². The van der Waals surface area contributed by atoms with Crippen molar-refractivity contribution >= 4 is 12.0 Å². The Labute approximate surface area is 153 Å². The summed E-state index contributed by atoms with van der Waals surface area (Å²) in [6, 6.07) is 11.9. The molecule has 0 bridgehead atoms. The fraction of sp³-hybridized carbons (Fsp3) is 0.286. The number of fused-ring (bicyclic) bond motifs is 1. The minimum absolute atomic E-state index is 0.0725. The molecular formula is C21H23NO4. The van der Waals surface area contributed by atoms with E-state index in [9.17, 15) is 4.79 Å². The van der Waals surface area contributed by atoms with Crippen LogP contribution in [0.2, 0.25) is 0 Å². The SMILES string of the molecule is COc1cc(/C=C/C(=O)NC2CCc3ccccc32)cc(OC)c1OC. The Morgan fingerprint density at radius 3 is 2.42 bits per heavy atom. The van der Waals surface area contributed by atoms with Gasteiger partial charge in [-0.05, 0) is 47.7 Å². The number of hydrogen-bond acceptors (Lipinski definition) is 4. The number of ether oxygens (including phenoxy) is 3. The Kier molecular flexibility index (Phi) is 5.46. The van der Waals surface area contributed by atoms with Gasteiger partial charge in [0.15, 0.2) is 11.5 Å². The van der Waals surface area contributed by atoms with Crippen molar-refractivity contribution in [2.45, 2.75) is 18.9 Å². The molecule has 2 aromatic rings. The summed E-state index contributed by atoms with van der Waals surface area (Å²) in [5.41, 5.74) is 3.31. The molecule has 1 amide bonds. The molecule has 0 aromatic heterocycles. The molecule has 0 saturated carbocycles. The van der Waals surface area contributed by atoms with Crippen molar-refractivity contribution in [2.24, 2.45) is 0 Å². The monoisotopic (exact) mass is 353 g/mol. The van der Waals surface area contributed by atoms with Gasteiger partial charge in [-0.15, -0.1) is 0 Å². The molecule has 5 heteroatoms. The highest BCUT2D eigenvalue weighted by Gasteiger charge is 2.22. The third-order valence-electron chi connectivity index (χ3n) is 4.56. The maximum atomic E-state index is 12.3. The molecule has 2 aromatic carbocycles. The van der Waals surface area contributed by atoms with Crippen LogP contribution in [0.4, 0.5) is 0 Å². The molecule has 1 N–H and O–H groups in total. The highest BCUT2D eigenvalue weighted by molar-refractivity contribution is 5.92. The Bertz CT molecular complexity index is 804. The summed E-state index contributed by atoms with van der Waals surface area (Å²) in [4.78, 5) is 12.3. The number of methoxy groups -OCH3 is 3. The maximum absolute atomic E-state index is 12.3. The zero-order valence-corrected chi connectivity index (χ0v) is 15.2. The minimum atomic E-state index is -0.125. The second kappa shape index (κ2) is 7.95. The summed E-state index contributed by atoms with van der Waals surface area (Å²) in [6.07, 6.45) is 5.20. The number of amides is 1. The molecule has 0 heterocycles. The third kappa shape index (κ3) is 3.67. The first-order valence-corrected chi connectivity index (χ1v) is 8.52. The van der Waals surface area contributed by atoms with E-state index in [1.807, 2.05) is 12.1 Å². The molecule has 1 atom stereocenters. The molecule has 1 unspecified atom stereocenters. The van der Waals surface area contributed by atoms with Crippen LogP contribution in [0.1, 0.15) is 29.2 Å². The van der Waals surface area contributed by atoms with Crippen LogP contribution in [-0.2, 0) is 11.2 Å². The molecule has 0 fully saturated rings. The lowest BCUT2D eigenvalue weighted by Gasteiger charge is -2.13. The van der Waals surface area contributed by atoms with Crippen molar-refractivity contribution in [2.75, 3.05) is 21.3 Å². The van der Waals surface area contributed by atoms with E-state index in [1.165, 1.54) is 17.2 Å². The van der Waals surface area contributed by atoms with Crippen LogP contribution in [-0.4, -0.2) is 27.2 Å². The lowest BCUT2D eigenvalue weighted by molar-refractivity contribution is -0.117. The lowest BCUT2D eigenvalue weighted by atomic mass is 10.1. The van der Waals surface area contributed by atoms with E-state index in [4.69, 9.17) is 14.2 Å². The van der Waals surface area contributed by atoms with Crippen LogP contribution in [0, 0.1) is 0 Å². The van der Waals surface area contributed by atoms with Crippen LogP contribution in [0.5, 0.6) is 17.2 Å². The number of carbonyl (C=O) groups is 1. The van der Waals surface area contributed by atoms with E-state index < -0.39 is 0 Å². The van der Waals surface area contributed by atoms with Gasteiger partial charge in [0.05, 0.1) is 27.4 Å². The minimum Gasteiger partial charge on any atom is -0.493 e. The third-order valence-corrected chi connectivity index (χ3v) is 4.56. The number of hydrogen-bond donors (Lipinski definition) is 1. The van der Waals surface area contributed by atoms with Gasteiger partial charge in [0.25, 0.3) is 0 Å². The van der Waals surface area contributed by atoms with Crippen LogP contribution < -0.4 is 19.5 Å². The van der Waals surface area contributed by atoms with Gasteiger partial charge in [-0.1, -0.05) is 24.3 Å². The molecule has 5 nitrogen and oxygen atoms in total. The molecule has 136 valence electrons. The van der Waals surface area contributed by atoms with Gasteiger partial charge < -0.3 is 19.5 Å². The smallest absolute Gasteiger partial charge is 0.244 e. The summed E-state index contributed by atoms with van der Waals surface area (Å²) >= 11 is 0. The molecule has 26 heavy (non-hydrogen) atoms. The fourth-order valence-corrected chi connectivity index (χ4v) is 3.30. The van der Waals surface area contributed by atoms with E-state index in [1.54, 1.807) is 39.5 Å². The van der Waals surface area contributed by atoms with Gasteiger partial charge in [-0.3, -0.25) is 4.79 Å². The van der Waals surface area contributed by atoms with E-state index >= 15 is 0 Å². The predicted molar refractivity (Wildman–Crippen MR) is 101 cm³/mol. The summed E-state index contributed by atoms with van der Waals surface area (Å²) in [5, 5.41) is 3.07. The van der Waals surface area contributed by atoms with Crippen molar-refractivity contribution < 1.29 is 19.0 Å².